The van der Waals surface area contributed by atoms with Crippen LogP contribution in [0.5, 0.6) is 0 Å². The van der Waals surface area contributed by atoms with Crippen molar-refractivity contribution in [3.8, 4) is 22.8 Å². The molecule has 5 rings (SSSR count). The molecule has 2 aliphatic heterocycles. The van der Waals surface area contributed by atoms with Gasteiger partial charge in [-0.15, -0.1) is 0 Å². The number of benzene rings is 2. The molecule has 0 N–H and O–H groups in total. The number of halogens is 3. The highest BCUT2D eigenvalue weighted by Gasteiger charge is 2.33. The third-order valence-corrected chi connectivity index (χ3v) is 7.13. The van der Waals surface area contributed by atoms with E-state index in [2.05, 4.69) is 14.8 Å². The van der Waals surface area contributed by atoms with Crippen molar-refractivity contribution in [2.75, 3.05) is 65.6 Å². The predicted molar refractivity (Wildman–Crippen MR) is 139 cm³/mol. The summed E-state index contributed by atoms with van der Waals surface area (Å²) in [6.45, 7) is 7.22. The number of nitro benzene ring substituents is 1. The first-order valence-corrected chi connectivity index (χ1v) is 12.9. The Balaban J connectivity index is 1.38. The van der Waals surface area contributed by atoms with Gasteiger partial charge >= 0.3 is 6.18 Å². The van der Waals surface area contributed by atoms with Gasteiger partial charge < -0.3 is 14.1 Å². The molecule has 0 bridgehead atoms. The summed E-state index contributed by atoms with van der Waals surface area (Å²) in [6, 6.07) is 9.98. The quantitative estimate of drug-likeness (QED) is 0.316. The monoisotopic (exact) mass is 559 g/mol. The van der Waals surface area contributed by atoms with E-state index in [1.807, 2.05) is 0 Å². The smallest absolute Gasteiger partial charge is 0.416 e. The maximum atomic E-state index is 13.7. The van der Waals surface area contributed by atoms with Crippen LogP contribution in [0.25, 0.3) is 22.8 Å². The number of hydrogen-bond acceptors (Lipinski definition) is 8. The number of oxazole rings is 1. The molecule has 1 aromatic heterocycles. The molecule has 2 saturated heterocycles. The molecule has 212 valence electrons. The Morgan fingerprint density at radius 2 is 1.55 bits per heavy atom. The lowest BCUT2D eigenvalue weighted by Crippen LogP contribution is -2.51. The van der Waals surface area contributed by atoms with Gasteiger partial charge in [0.05, 0.1) is 29.3 Å². The van der Waals surface area contributed by atoms with Crippen LogP contribution in [0.3, 0.4) is 0 Å². The van der Waals surface area contributed by atoms with E-state index in [1.54, 1.807) is 11.0 Å². The van der Waals surface area contributed by atoms with Gasteiger partial charge in [-0.2, -0.15) is 13.2 Å². The maximum absolute atomic E-state index is 13.7. The van der Waals surface area contributed by atoms with E-state index in [4.69, 9.17) is 9.15 Å². The Labute approximate surface area is 228 Å². The molecule has 2 fully saturated rings. The summed E-state index contributed by atoms with van der Waals surface area (Å²) in [4.78, 5) is 35.4. The number of para-hydroxylation sites is 1. The van der Waals surface area contributed by atoms with Crippen LogP contribution in [-0.4, -0.2) is 96.1 Å². The van der Waals surface area contributed by atoms with Crippen LogP contribution < -0.4 is 0 Å². The molecule has 0 unspecified atom stereocenters. The fraction of sp³-hybridized carbons (Fsp3) is 0.407. The van der Waals surface area contributed by atoms with Gasteiger partial charge in [0.15, 0.2) is 11.5 Å². The van der Waals surface area contributed by atoms with Crippen LogP contribution >= 0.6 is 0 Å². The van der Waals surface area contributed by atoms with Crippen LogP contribution in [0.2, 0.25) is 0 Å². The first-order valence-electron chi connectivity index (χ1n) is 12.9. The average molecular weight is 560 g/mol. The van der Waals surface area contributed by atoms with Crippen molar-refractivity contribution < 1.29 is 32.0 Å². The van der Waals surface area contributed by atoms with Crippen molar-refractivity contribution in [2.24, 2.45) is 0 Å². The number of carbonyl (C=O) groups is 1. The van der Waals surface area contributed by atoms with Gasteiger partial charge in [-0.25, -0.2) is 4.98 Å². The lowest BCUT2D eigenvalue weighted by atomic mass is 10.1. The van der Waals surface area contributed by atoms with Crippen molar-refractivity contribution in [1.82, 2.24) is 19.7 Å². The second-order valence-corrected chi connectivity index (χ2v) is 9.63. The molecule has 0 atom stereocenters. The molecule has 0 radical (unpaired) electrons. The van der Waals surface area contributed by atoms with Crippen molar-refractivity contribution in [3.05, 3.63) is 69.9 Å². The number of hydrogen-bond donors (Lipinski definition) is 0. The van der Waals surface area contributed by atoms with E-state index >= 15 is 0 Å². The lowest BCUT2D eigenvalue weighted by Gasteiger charge is -2.36. The van der Waals surface area contributed by atoms with Crippen molar-refractivity contribution in [3.63, 3.8) is 0 Å². The number of amides is 1. The Bertz CT molecular complexity index is 1350. The zero-order chi connectivity index (χ0) is 28.3. The van der Waals surface area contributed by atoms with Crippen LogP contribution in [0.1, 0.15) is 16.1 Å². The molecule has 2 aliphatic rings. The summed E-state index contributed by atoms with van der Waals surface area (Å²) in [7, 11) is 0. The fourth-order valence-electron chi connectivity index (χ4n) is 4.83. The molecule has 0 saturated carbocycles. The molecule has 13 heteroatoms. The van der Waals surface area contributed by atoms with Gasteiger partial charge in [-0.3, -0.25) is 24.7 Å². The highest BCUT2D eigenvalue weighted by atomic mass is 19.4. The van der Waals surface area contributed by atoms with Gasteiger partial charge in [-0.1, -0.05) is 12.1 Å². The number of nitrogens with zero attached hydrogens (tertiary/aromatic N) is 5. The number of piperazine rings is 1. The topological polar surface area (TPSA) is 105 Å². The van der Waals surface area contributed by atoms with E-state index in [0.29, 0.717) is 26.2 Å². The molecule has 40 heavy (non-hydrogen) atoms. The number of morpholine rings is 1. The van der Waals surface area contributed by atoms with Gasteiger partial charge in [0.2, 0.25) is 5.89 Å². The van der Waals surface area contributed by atoms with Crippen molar-refractivity contribution in [2.45, 2.75) is 6.18 Å². The highest BCUT2D eigenvalue weighted by molar-refractivity contribution is 5.99. The average Bonchev–Trinajstić information content (AvgIpc) is 3.41. The molecule has 3 aromatic rings. The number of nitro groups is 1. The van der Waals surface area contributed by atoms with Gasteiger partial charge in [-0.05, 0) is 30.3 Å². The Hall–Kier alpha value is -3.81. The highest BCUT2D eigenvalue weighted by Crippen LogP contribution is 2.37. The van der Waals surface area contributed by atoms with Crippen LogP contribution in [-0.2, 0) is 10.9 Å². The van der Waals surface area contributed by atoms with Crippen LogP contribution in [0.4, 0.5) is 18.9 Å². The Kier molecular flexibility index (Phi) is 8.14. The Morgan fingerprint density at radius 3 is 2.17 bits per heavy atom. The summed E-state index contributed by atoms with van der Waals surface area (Å²) < 4.78 is 50.4. The number of ether oxygens (including phenoxy) is 1. The van der Waals surface area contributed by atoms with Gasteiger partial charge in [0.1, 0.15) is 0 Å². The maximum Gasteiger partial charge on any atom is 0.416 e. The zero-order valence-electron chi connectivity index (χ0n) is 21.6. The zero-order valence-corrected chi connectivity index (χ0v) is 21.6. The molecular formula is C27H28F3N5O5. The Morgan fingerprint density at radius 1 is 0.925 bits per heavy atom. The van der Waals surface area contributed by atoms with E-state index in [-0.39, 0.29) is 34.2 Å². The number of alkyl halides is 3. The van der Waals surface area contributed by atoms with Gasteiger partial charge in [0.25, 0.3) is 11.6 Å². The third-order valence-electron chi connectivity index (χ3n) is 7.13. The minimum Gasteiger partial charge on any atom is -0.435 e. The summed E-state index contributed by atoms with van der Waals surface area (Å²) in [5.41, 5.74) is -0.972. The van der Waals surface area contributed by atoms with Crippen LogP contribution in [0, 0.1) is 10.1 Å². The first-order chi connectivity index (χ1) is 19.2. The first kappa shape index (κ1) is 27.7. The predicted octanol–water partition coefficient (Wildman–Crippen LogP) is 4.03. The second-order valence-electron chi connectivity index (χ2n) is 9.63. The summed E-state index contributed by atoms with van der Waals surface area (Å²) in [6.07, 6.45) is -4.52. The van der Waals surface area contributed by atoms with E-state index in [9.17, 15) is 28.1 Å². The third kappa shape index (κ3) is 6.16. The van der Waals surface area contributed by atoms with Crippen molar-refractivity contribution in [1.29, 1.82) is 0 Å². The summed E-state index contributed by atoms with van der Waals surface area (Å²) >= 11 is 0. The summed E-state index contributed by atoms with van der Waals surface area (Å²) in [5, 5.41) is 11.7. The minimum atomic E-state index is -4.52. The number of aromatic nitrogens is 1. The van der Waals surface area contributed by atoms with Gasteiger partial charge in [0, 0.05) is 64.0 Å². The minimum absolute atomic E-state index is 0.0608. The molecular weight excluding hydrogens is 531 g/mol. The van der Waals surface area contributed by atoms with E-state index in [1.165, 1.54) is 30.3 Å². The molecule has 1 amide bonds. The van der Waals surface area contributed by atoms with Crippen LogP contribution in [0.15, 0.2) is 52.9 Å². The fourth-order valence-corrected chi connectivity index (χ4v) is 4.83. The lowest BCUT2D eigenvalue weighted by molar-refractivity contribution is -0.384. The molecule has 0 aliphatic carbocycles. The second kappa shape index (κ2) is 11.7. The standard InChI is InChI=1S/C27H28F3N5O5/c28-27(29,30)20-7-5-19(6-8-20)25-31-23(24(40-25)21-3-1-2-4-22(21)35(37)38)26(36)34-13-11-32(12-14-34)9-10-33-15-17-39-18-16-33/h1-8H,9-18H2. The molecule has 3 heterocycles. The van der Waals surface area contributed by atoms with Crippen molar-refractivity contribution >= 4 is 11.6 Å². The molecule has 10 nitrogen and oxygen atoms in total. The van der Waals surface area contributed by atoms with E-state index in [0.717, 1.165) is 51.5 Å². The molecule has 2 aromatic carbocycles. The SMILES string of the molecule is O=C(c1nc(-c2ccc(C(F)(F)F)cc2)oc1-c1ccccc1[N+](=O)[O-])N1CCN(CCN2CCOCC2)CC1. The number of rotatable bonds is 7. The van der Waals surface area contributed by atoms with E-state index < -0.39 is 22.6 Å². The summed E-state index contributed by atoms with van der Waals surface area (Å²) in [5.74, 6) is -0.654. The normalized spacial score (nSPS) is 17.2. The molecule has 0 spiro atoms. The number of carbonyl (C=O) groups excluding carboxylic acids is 1. The largest absolute Gasteiger partial charge is 0.435 e.